The van der Waals surface area contributed by atoms with Gasteiger partial charge >= 0.3 is 0 Å². The molecule has 0 fully saturated rings. The average molecular weight is 216 g/mol. The van der Waals surface area contributed by atoms with Gasteiger partial charge in [0.2, 0.25) is 0 Å². The highest BCUT2D eigenvalue weighted by molar-refractivity contribution is 5.44. The second kappa shape index (κ2) is 4.75. The van der Waals surface area contributed by atoms with Crippen LogP contribution in [-0.2, 0) is 6.54 Å². The minimum absolute atomic E-state index is 0.164. The zero-order valence-electron chi connectivity index (χ0n) is 9.10. The van der Waals surface area contributed by atoms with Crippen molar-refractivity contribution >= 4 is 5.69 Å². The van der Waals surface area contributed by atoms with Crippen LogP contribution in [0.15, 0.2) is 48.8 Å². The number of hydrogen-bond acceptors (Lipinski definition) is 2. The van der Waals surface area contributed by atoms with E-state index in [4.69, 9.17) is 0 Å². The fourth-order valence-corrected chi connectivity index (χ4v) is 1.57. The lowest BCUT2D eigenvalue weighted by molar-refractivity contribution is 0.608. The second-order valence-corrected chi connectivity index (χ2v) is 3.65. The van der Waals surface area contributed by atoms with E-state index in [0.717, 1.165) is 5.69 Å². The van der Waals surface area contributed by atoms with Crippen LogP contribution in [0.4, 0.5) is 10.1 Å². The van der Waals surface area contributed by atoms with Crippen molar-refractivity contribution in [2.75, 3.05) is 11.9 Å². The normalized spacial score (nSPS) is 10.1. The molecule has 0 aliphatic heterocycles. The summed E-state index contributed by atoms with van der Waals surface area (Å²) in [7, 11) is 1.93. The van der Waals surface area contributed by atoms with Gasteiger partial charge in [0, 0.05) is 37.2 Å². The number of pyridine rings is 1. The first-order chi connectivity index (χ1) is 7.77. The van der Waals surface area contributed by atoms with Gasteiger partial charge in [-0.15, -0.1) is 0 Å². The zero-order chi connectivity index (χ0) is 11.4. The smallest absolute Gasteiger partial charge is 0.128 e. The van der Waals surface area contributed by atoms with E-state index in [2.05, 4.69) is 4.98 Å². The fourth-order valence-electron chi connectivity index (χ4n) is 1.57. The minimum Gasteiger partial charge on any atom is -0.370 e. The average Bonchev–Trinajstić information content (AvgIpc) is 2.33. The summed E-state index contributed by atoms with van der Waals surface area (Å²) in [5.74, 6) is -0.164. The molecule has 3 heteroatoms. The molecule has 82 valence electrons. The van der Waals surface area contributed by atoms with E-state index in [9.17, 15) is 4.39 Å². The van der Waals surface area contributed by atoms with Gasteiger partial charge in [0.1, 0.15) is 5.82 Å². The third-order valence-corrected chi connectivity index (χ3v) is 2.47. The maximum Gasteiger partial charge on any atom is 0.128 e. The molecule has 0 aliphatic carbocycles. The van der Waals surface area contributed by atoms with Crippen molar-refractivity contribution in [3.63, 3.8) is 0 Å². The number of nitrogens with zero attached hydrogens (tertiary/aromatic N) is 2. The van der Waals surface area contributed by atoms with Crippen LogP contribution in [0.3, 0.4) is 0 Å². The van der Waals surface area contributed by atoms with E-state index < -0.39 is 0 Å². The highest BCUT2D eigenvalue weighted by atomic mass is 19.1. The van der Waals surface area contributed by atoms with E-state index >= 15 is 0 Å². The Labute approximate surface area is 94.4 Å². The molecule has 0 unspecified atom stereocenters. The summed E-state index contributed by atoms with van der Waals surface area (Å²) < 4.78 is 13.4. The molecular formula is C13H13FN2. The Balaban J connectivity index is 2.14. The molecule has 1 heterocycles. The predicted molar refractivity (Wildman–Crippen MR) is 62.7 cm³/mol. The zero-order valence-corrected chi connectivity index (χ0v) is 9.10. The topological polar surface area (TPSA) is 16.1 Å². The maximum atomic E-state index is 13.4. The number of rotatable bonds is 3. The van der Waals surface area contributed by atoms with Crippen molar-refractivity contribution in [2.45, 2.75) is 6.54 Å². The van der Waals surface area contributed by atoms with Crippen LogP contribution in [0.5, 0.6) is 0 Å². The lowest BCUT2D eigenvalue weighted by Crippen LogP contribution is -2.17. The van der Waals surface area contributed by atoms with Gasteiger partial charge in [0.05, 0.1) is 0 Å². The summed E-state index contributed by atoms with van der Waals surface area (Å²) in [6.07, 6.45) is 3.46. The van der Waals surface area contributed by atoms with Crippen LogP contribution in [0.2, 0.25) is 0 Å². The van der Waals surface area contributed by atoms with Crippen LogP contribution in [0, 0.1) is 5.82 Å². The Kier molecular flexibility index (Phi) is 3.15. The van der Waals surface area contributed by atoms with Gasteiger partial charge in [-0.3, -0.25) is 4.98 Å². The Morgan fingerprint density at radius 3 is 2.50 bits per heavy atom. The van der Waals surface area contributed by atoms with Crippen LogP contribution in [0.25, 0.3) is 0 Å². The van der Waals surface area contributed by atoms with Gasteiger partial charge in [-0.05, 0) is 18.2 Å². The van der Waals surface area contributed by atoms with Gasteiger partial charge in [0.15, 0.2) is 0 Å². The van der Waals surface area contributed by atoms with Gasteiger partial charge in [-0.1, -0.05) is 18.2 Å². The van der Waals surface area contributed by atoms with Crippen molar-refractivity contribution in [2.24, 2.45) is 0 Å². The van der Waals surface area contributed by atoms with Crippen LogP contribution >= 0.6 is 0 Å². The number of halogens is 1. The Morgan fingerprint density at radius 2 is 1.81 bits per heavy atom. The largest absolute Gasteiger partial charge is 0.370 e. The summed E-state index contributed by atoms with van der Waals surface area (Å²) in [6.45, 7) is 0.552. The summed E-state index contributed by atoms with van der Waals surface area (Å²) in [4.78, 5) is 5.94. The van der Waals surface area contributed by atoms with Crippen LogP contribution in [0.1, 0.15) is 5.56 Å². The van der Waals surface area contributed by atoms with Crippen molar-refractivity contribution in [1.82, 2.24) is 4.98 Å². The monoisotopic (exact) mass is 216 g/mol. The highest BCUT2D eigenvalue weighted by Gasteiger charge is 2.05. The molecule has 0 bridgehead atoms. The van der Waals surface area contributed by atoms with E-state index in [0.29, 0.717) is 12.1 Å². The van der Waals surface area contributed by atoms with Crippen molar-refractivity contribution in [3.05, 3.63) is 60.2 Å². The molecule has 1 aromatic heterocycles. The maximum absolute atomic E-state index is 13.4. The van der Waals surface area contributed by atoms with Crippen molar-refractivity contribution in [3.8, 4) is 0 Å². The molecule has 0 amide bonds. The fraction of sp³-hybridized carbons (Fsp3) is 0.154. The molecule has 2 aromatic rings. The second-order valence-electron chi connectivity index (χ2n) is 3.65. The van der Waals surface area contributed by atoms with E-state index in [1.807, 2.05) is 30.1 Å². The summed E-state index contributed by atoms with van der Waals surface area (Å²) in [5, 5.41) is 0. The third-order valence-electron chi connectivity index (χ3n) is 2.47. The number of hydrogen-bond donors (Lipinski definition) is 0. The highest BCUT2D eigenvalue weighted by Crippen LogP contribution is 2.15. The number of benzene rings is 1. The lowest BCUT2D eigenvalue weighted by atomic mass is 10.2. The third kappa shape index (κ3) is 2.37. The molecule has 2 rings (SSSR count). The predicted octanol–water partition coefficient (Wildman–Crippen LogP) is 2.86. The van der Waals surface area contributed by atoms with Crippen LogP contribution < -0.4 is 4.90 Å². The molecule has 0 spiro atoms. The Bertz CT molecular complexity index is 456. The molecule has 1 aromatic carbocycles. The summed E-state index contributed by atoms with van der Waals surface area (Å²) >= 11 is 0. The molecule has 0 aliphatic rings. The molecule has 2 nitrogen and oxygen atoms in total. The van der Waals surface area contributed by atoms with Crippen LogP contribution in [-0.4, -0.2) is 12.0 Å². The van der Waals surface area contributed by atoms with E-state index in [1.165, 1.54) is 6.07 Å². The quantitative estimate of drug-likeness (QED) is 0.784. The summed E-state index contributed by atoms with van der Waals surface area (Å²) in [6, 6.07) is 10.6. The molecule has 0 radical (unpaired) electrons. The first-order valence-electron chi connectivity index (χ1n) is 5.12. The molecule has 0 saturated carbocycles. The first-order valence-corrected chi connectivity index (χ1v) is 5.12. The van der Waals surface area contributed by atoms with Gasteiger partial charge in [0.25, 0.3) is 0 Å². The molecule has 0 atom stereocenters. The first kappa shape index (κ1) is 10.6. The molecule has 16 heavy (non-hydrogen) atoms. The van der Waals surface area contributed by atoms with Crippen molar-refractivity contribution < 1.29 is 4.39 Å². The molecule has 0 saturated heterocycles. The number of anilines is 1. The van der Waals surface area contributed by atoms with Crippen molar-refractivity contribution in [1.29, 1.82) is 0 Å². The summed E-state index contributed by atoms with van der Waals surface area (Å²) in [5.41, 5.74) is 1.72. The standard InChI is InChI=1S/C13H13FN2/c1-16(12-6-8-15-9-7-12)10-11-4-2-3-5-13(11)14/h2-9H,10H2,1H3. The molecular weight excluding hydrogens is 203 g/mol. The number of aromatic nitrogens is 1. The van der Waals surface area contributed by atoms with Gasteiger partial charge < -0.3 is 4.90 Å². The molecule has 0 N–H and O–H groups in total. The minimum atomic E-state index is -0.164. The van der Waals surface area contributed by atoms with E-state index in [1.54, 1.807) is 24.5 Å². The van der Waals surface area contributed by atoms with E-state index in [-0.39, 0.29) is 5.82 Å². The Morgan fingerprint density at radius 1 is 1.12 bits per heavy atom. The SMILES string of the molecule is CN(Cc1ccccc1F)c1ccncc1. The lowest BCUT2D eigenvalue weighted by Gasteiger charge is -2.19. The van der Waals surface area contributed by atoms with Gasteiger partial charge in [-0.2, -0.15) is 0 Å². The Hall–Kier alpha value is -1.90. The van der Waals surface area contributed by atoms with Gasteiger partial charge in [-0.25, -0.2) is 4.39 Å².